The highest BCUT2D eigenvalue weighted by atomic mass is 35.5. The van der Waals surface area contributed by atoms with E-state index in [-0.39, 0.29) is 17.7 Å². The predicted molar refractivity (Wildman–Crippen MR) is 85.0 cm³/mol. The van der Waals surface area contributed by atoms with Gasteiger partial charge in [-0.3, -0.25) is 4.79 Å². The van der Waals surface area contributed by atoms with Crippen molar-refractivity contribution in [3.05, 3.63) is 34.3 Å². The van der Waals surface area contributed by atoms with E-state index in [4.69, 9.17) is 21.1 Å². The lowest BCUT2D eigenvalue weighted by molar-refractivity contribution is -0.147. The number of benzene rings is 1. The van der Waals surface area contributed by atoms with E-state index < -0.39 is 0 Å². The van der Waals surface area contributed by atoms with E-state index in [0.717, 1.165) is 30.7 Å². The van der Waals surface area contributed by atoms with E-state index in [9.17, 15) is 4.79 Å². The van der Waals surface area contributed by atoms with Crippen molar-refractivity contribution >= 4 is 17.6 Å². The Kier molecular flexibility index (Phi) is 4.44. The fourth-order valence-electron chi connectivity index (χ4n) is 3.25. The lowest BCUT2D eigenvalue weighted by Crippen LogP contribution is -2.37. The summed E-state index contributed by atoms with van der Waals surface area (Å²) in [6.45, 7) is 5.31. The Morgan fingerprint density at radius 3 is 2.95 bits per heavy atom. The van der Waals surface area contributed by atoms with Crippen LogP contribution in [0.1, 0.15) is 37.8 Å². The number of carbonyl (C=O) groups is 1. The highest BCUT2D eigenvalue weighted by molar-refractivity contribution is 6.31. The lowest BCUT2D eigenvalue weighted by atomic mass is 9.91. The average molecular weight is 324 g/mol. The molecule has 2 atom stereocenters. The van der Waals surface area contributed by atoms with Gasteiger partial charge in [-0.15, -0.1) is 0 Å². The predicted octanol–water partition coefficient (Wildman–Crippen LogP) is 2.81. The number of morpholine rings is 1. The van der Waals surface area contributed by atoms with E-state index in [0.29, 0.717) is 23.9 Å². The highest BCUT2D eigenvalue weighted by Crippen LogP contribution is 2.41. The quantitative estimate of drug-likeness (QED) is 0.846. The Morgan fingerprint density at radius 2 is 2.36 bits per heavy atom. The Labute approximate surface area is 136 Å². The van der Waals surface area contributed by atoms with Gasteiger partial charge in [0.25, 0.3) is 0 Å². The van der Waals surface area contributed by atoms with Crippen LogP contribution < -0.4 is 5.32 Å². The first-order valence-corrected chi connectivity index (χ1v) is 8.22. The Morgan fingerprint density at radius 1 is 1.55 bits per heavy atom. The Bertz CT molecular complexity index is 565. The van der Waals surface area contributed by atoms with Crippen LogP contribution in [0.2, 0.25) is 5.02 Å². The van der Waals surface area contributed by atoms with Crippen molar-refractivity contribution in [3.8, 4) is 0 Å². The van der Waals surface area contributed by atoms with Crippen molar-refractivity contribution in [2.24, 2.45) is 0 Å². The molecular weight excluding hydrogens is 302 g/mol. The van der Waals surface area contributed by atoms with Gasteiger partial charge in [-0.2, -0.15) is 0 Å². The van der Waals surface area contributed by atoms with Crippen molar-refractivity contribution in [1.29, 1.82) is 0 Å². The molecule has 1 aromatic rings. The first-order chi connectivity index (χ1) is 10.5. The number of rotatable bonds is 5. The number of ether oxygens (including phenoxy) is 2. The van der Waals surface area contributed by atoms with E-state index in [1.807, 2.05) is 26.0 Å². The molecule has 0 spiro atoms. The van der Waals surface area contributed by atoms with Gasteiger partial charge in [0, 0.05) is 24.0 Å². The van der Waals surface area contributed by atoms with Crippen LogP contribution in [-0.2, 0) is 26.3 Å². The largest absolute Gasteiger partial charge is 0.463 e. The first kappa shape index (κ1) is 15.8. The second-order valence-corrected chi connectivity index (χ2v) is 6.84. The number of fused-ring (bicyclic) bond motifs is 2. The molecular formula is C17H22ClNO3. The summed E-state index contributed by atoms with van der Waals surface area (Å²) < 4.78 is 11.2. The van der Waals surface area contributed by atoms with Gasteiger partial charge in [-0.25, -0.2) is 0 Å². The fraction of sp³-hybridized carbons (Fsp3) is 0.588. The van der Waals surface area contributed by atoms with Crippen LogP contribution in [0.4, 0.5) is 0 Å². The van der Waals surface area contributed by atoms with Gasteiger partial charge in [0.15, 0.2) is 0 Å². The number of carbonyl (C=O) groups excluding carboxylic acids is 1. The summed E-state index contributed by atoms with van der Waals surface area (Å²) >= 11 is 6.28. The third kappa shape index (κ3) is 3.14. The summed E-state index contributed by atoms with van der Waals surface area (Å²) in [6.07, 6.45) is 1.85. The Hall–Kier alpha value is -1.10. The zero-order valence-electron chi connectivity index (χ0n) is 13.0. The highest BCUT2D eigenvalue weighted by Gasteiger charge is 2.47. The van der Waals surface area contributed by atoms with Gasteiger partial charge in [0.1, 0.15) is 5.60 Å². The molecule has 3 rings (SSSR count). The number of aryl methyl sites for hydroxylation is 1. The fourth-order valence-corrected chi connectivity index (χ4v) is 3.46. The van der Waals surface area contributed by atoms with Crippen molar-refractivity contribution in [2.75, 3.05) is 13.2 Å². The SMILES string of the molecule is CC(C)OC(=O)CCc1cc(C23CNC(CO2)C3)ccc1Cl. The number of esters is 1. The molecule has 0 saturated carbocycles. The minimum atomic E-state index is -0.220. The van der Waals surface area contributed by atoms with Crippen molar-refractivity contribution in [2.45, 2.75) is 50.9 Å². The van der Waals surface area contributed by atoms with Gasteiger partial charge in [-0.1, -0.05) is 23.7 Å². The van der Waals surface area contributed by atoms with Crippen LogP contribution in [0.15, 0.2) is 18.2 Å². The monoisotopic (exact) mass is 323 g/mol. The van der Waals surface area contributed by atoms with E-state index in [1.165, 1.54) is 0 Å². The van der Waals surface area contributed by atoms with E-state index in [1.54, 1.807) is 0 Å². The zero-order chi connectivity index (χ0) is 15.7. The lowest BCUT2D eigenvalue weighted by Gasteiger charge is -2.28. The molecule has 2 bridgehead atoms. The molecule has 2 fully saturated rings. The van der Waals surface area contributed by atoms with Gasteiger partial charge >= 0.3 is 5.97 Å². The summed E-state index contributed by atoms with van der Waals surface area (Å²) in [5.41, 5.74) is 1.91. The van der Waals surface area contributed by atoms with Crippen LogP contribution >= 0.6 is 11.6 Å². The summed E-state index contributed by atoms with van der Waals surface area (Å²) in [6, 6.07) is 6.48. The molecule has 2 saturated heterocycles. The van der Waals surface area contributed by atoms with E-state index >= 15 is 0 Å². The summed E-state index contributed by atoms with van der Waals surface area (Å²) in [4.78, 5) is 11.7. The molecule has 0 amide bonds. The molecule has 5 heteroatoms. The molecule has 0 aliphatic carbocycles. The maximum absolute atomic E-state index is 11.7. The third-order valence-electron chi connectivity index (χ3n) is 4.35. The summed E-state index contributed by atoms with van der Waals surface area (Å²) in [5, 5.41) is 4.16. The first-order valence-electron chi connectivity index (χ1n) is 7.84. The number of halogens is 1. The smallest absolute Gasteiger partial charge is 0.306 e. The third-order valence-corrected chi connectivity index (χ3v) is 4.72. The molecule has 0 radical (unpaired) electrons. The molecule has 4 nitrogen and oxygen atoms in total. The molecule has 1 N–H and O–H groups in total. The van der Waals surface area contributed by atoms with Crippen LogP contribution in [0.25, 0.3) is 0 Å². The Balaban J connectivity index is 1.72. The standard InChI is InChI=1S/C17H22ClNO3/c1-11(2)22-16(20)6-3-12-7-13(4-5-15(12)18)17-8-14(9-21-17)19-10-17/h4-5,7,11,14,19H,3,6,8-10H2,1-2H3. The normalized spacial score (nSPS) is 26.6. The van der Waals surface area contributed by atoms with Crippen molar-refractivity contribution in [3.63, 3.8) is 0 Å². The van der Waals surface area contributed by atoms with Crippen molar-refractivity contribution < 1.29 is 14.3 Å². The minimum Gasteiger partial charge on any atom is -0.463 e. The van der Waals surface area contributed by atoms with Gasteiger partial charge in [0.05, 0.1) is 12.7 Å². The van der Waals surface area contributed by atoms with Gasteiger partial charge < -0.3 is 14.8 Å². The maximum atomic E-state index is 11.7. The van der Waals surface area contributed by atoms with Gasteiger partial charge in [0.2, 0.25) is 0 Å². The number of nitrogens with one attached hydrogen (secondary N) is 1. The van der Waals surface area contributed by atoms with Crippen LogP contribution in [-0.4, -0.2) is 31.3 Å². The second-order valence-electron chi connectivity index (χ2n) is 6.43. The number of hydrogen-bond acceptors (Lipinski definition) is 4. The average Bonchev–Trinajstić information content (AvgIpc) is 3.07. The van der Waals surface area contributed by atoms with E-state index in [2.05, 4.69) is 11.4 Å². The second kappa shape index (κ2) is 6.19. The molecule has 2 heterocycles. The molecule has 2 unspecified atom stereocenters. The number of hydrogen-bond donors (Lipinski definition) is 1. The zero-order valence-corrected chi connectivity index (χ0v) is 13.8. The molecule has 1 aromatic carbocycles. The van der Waals surface area contributed by atoms with Crippen molar-refractivity contribution in [1.82, 2.24) is 5.32 Å². The molecule has 22 heavy (non-hydrogen) atoms. The van der Waals surface area contributed by atoms with Crippen LogP contribution in [0.5, 0.6) is 0 Å². The summed E-state index contributed by atoms with van der Waals surface area (Å²) in [5.74, 6) is -0.186. The maximum Gasteiger partial charge on any atom is 0.306 e. The molecule has 2 aliphatic heterocycles. The van der Waals surface area contributed by atoms with Crippen LogP contribution in [0.3, 0.4) is 0 Å². The minimum absolute atomic E-state index is 0.0819. The molecule has 2 aliphatic rings. The van der Waals surface area contributed by atoms with Crippen LogP contribution in [0, 0.1) is 0 Å². The molecule has 120 valence electrons. The molecule has 0 aromatic heterocycles. The topological polar surface area (TPSA) is 47.6 Å². The van der Waals surface area contributed by atoms with Gasteiger partial charge in [-0.05, 0) is 43.9 Å². The summed E-state index contributed by atoms with van der Waals surface area (Å²) in [7, 11) is 0.